The molecule has 0 radical (unpaired) electrons. The van der Waals surface area contributed by atoms with Gasteiger partial charge in [-0.05, 0) is 37.1 Å². The van der Waals surface area contributed by atoms with Gasteiger partial charge in [0.1, 0.15) is 5.75 Å². The fourth-order valence-electron chi connectivity index (χ4n) is 1.13. The van der Waals surface area contributed by atoms with Crippen LogP contribution in [0.1, 0.15) is 11.1 Å². The van der Waals surface area contributed by atoms with E-state index in [0.29, 0.717) is 16.8 Å². The van der Waals surface area contributed by atoms with Crippen molar-refractivity contribution in [2.45, 2.75) is 19.4 Å². The number of aryl methyl sites for hydroxylation is 2. The molecule has 0 saturated heterocycles. The Morgan fingerprint density at radius 3 is 2.07 bits per heavy atom. The summed E-state index contributed by atoms with van der Waals surface area (Å²) >= 11 is 4.63. The molecular weight excluding hydrogens is 212 g/mol. The summed E-state index contributed by atoms with van der Waals surface area (Å²) in [5.74, 6) is 0.00852. The summed E-state index contributed by atoms with van der Waals surface area (Å²) in [5, 5.41) is 0. The Morgan fingerprint density at radius 1 is 1.29 bits per heavy atom. The Morgan fingerprint density at radius 2 is 1.71 bits per heavy atom. The number of alkyl halides is 3. The van der Waals surface area contributed by atoms with Crippen molar-refractivity contribution < 1.29 is 13.5 Å². The summed E-state index contributed by atoms with van der Waals surface area (Å²) in [6.45, 7) is 3.42. The molecule has 0 spiro atoms. The fraction of sp³-hybridized carbons (Fsp3) is 0.333. The van der Waals surface area contributed by atoms with Gasteiger partial charge in [0.2, 0.25) is 0 Å². The number of benzene rings is 1. The van der Waals surface area contributed by atoms with Gasteiger partial charge >= 0.3 is 5.57 Å². The van der Waals surface area contributed by atoms with Crippen molar-refractivity contribution >= 4 is 17.3 Å². The first-order chi connectivity index (χ1) is 6.29. The topological polar surface area (TPSA) is 35.2 Å². The Balaban J connectivity index is 3.02. The number of nitrogens with two attached hydrogens (primary N) is 1. The lowest BCUT2D eigenvalue weighted by Crippen LogP contribution is -2.15. The molecule has 0 aromatic heterocycles. The molecule has 2 N–H and O–H groups in total. The first-order valence-electron chi connectivity index (χ1n) is 3.92. The molecule has 1 aromatic carbocycles. The highest BCUT2D eigenvalue weighted by atomic mass is 35.5. The van der Waals surface area contributed by atoms with Crippen LogP contribution in [0.5, 0.6) is 5.75 Å². The van der Waals surface area contributed by atoms with Crippen molar-refractivity contribution in [1.29, 1.82) is 0 Å². The maximum absolute atomic E-state index is 12.3. The zero-order valence-corrected chi connectivity index (χ0v) is 8.53. The van der Waals surface area contributed by atoms with Gasteiger partial charge in [0.05, 0.1) is 0 Å². The van der Waals surface area contributed by atoms with Gasteiger partial charge in [0.15, 0.2) is 0 Å². The number of ether oxygens (including phenoxy) is 1. The lowest BCUT2D eigenvalue weighted by atomic mass is 10.1. The zero-order valence-electron chi connectivity index (χ0n) is 7.77. The van der Waals surface area contributed by atoms with Crippen molar-refractivity contribution in [2.24, 2.45) is 0 Å². The molecule has 2 nitrogen and oxygen atoms in total. The highest BCUT2D eigenvalue weighted by Crippen LogP contribution is 2.29. The molecular formula is C9H10ClF2NO. The molecule has 0 aliphatic carbocycles. The van der Waals surface area contributed by atoms with Crippen LogP contribution in [0.15, 0.2) is 12.1 Å². The second-order valence-electron chi connectivity index (χ2n) is 3.02. The van der Waals surface area contributed by atoms with Crippen molar-refractivity contribution in [3.8, 4) is 5.75 Å². The summed E-state index contributed by atoms with van der Waals surface area (Å²) < 4.78 is 28.8. The minimum Gasteiger partial charge on any atom is -0.420 e. The zero-order chi connectivity index (χ0) is 10.9. The van der Waals surface area contributed by atoms with Gasteiger partial charge in [0.25, 0.3) is 0 Å². The van der Waals surface area contributed by atoms with Crippen LogP contribution in [-0.2, 0) is 0 Å². The normalized spacial score (nSPS) is 11.5. The van der Waals surface area contributed by atoms with E-state index in [1.807, 2.05) is 0 Å². The minimum atomic E-state index is -3.69. The van der Waals surface area contributed by atoms with Crippen LogP contribution in [0.25, 0.3) is 0 Å². The molecule has 5 heteroatoms. The molecule has 0 fully saturated rings. The molecule has 0 aliphatic rings. The Labute approximate surface area is 85.6 Å². The van der Waals surface area contributed by atoms with E-state index in [4.69, 9.17) is 5.73 Å². The monoisotopic (exact) mass is 221 g/mol. The largest absolute Gasteiger partial charge is 0.487 e. The molecule has 0 heterocycles. The van der Waals surface area contributed by atoms with Crippen molar-refractivity contribution in [3.63, 3.8) is 0 Å². The molecule has 0 atom stereocenters. The van der Waals surface area contributed by atoms with Gasteiger partial charge in [-0.1, -0.05) is 0 Å². The predicted molar refractivity (Wildman–Crippen MR) is 51.8 cm³/mol. The quantitative estimate of drug-likeness (QED) is 0.615. The first-order valence-corrected chi connectivity index (χ1v) is 4.30. The minimum absolute atomic E-state index is 0.00852. The predicted octanol–water partition coefficient (Wildman–Crippen LogP) is 3.05. The SMILES string of the molecule is Cc1cc(OC(F)(F)Cl)cc(C)c1N. The molecule has 0 aliphatic heterocycles. The molecule has 0 unspecified atom stereocenters. The summed E-state index contributed by atoms with van der Waals surface area (Å²) in [4.78, 5) is 0. The van der Waals surface area contributed by atoms with Crippen LogP contribution >= 0.6 is 11.6 Å². The van der Waals surface area contributed by atoms with Crippen LogP contribution in [0.3, 0.4) is 0 Å². The lowest BCUT2D eigenvalue weighted by Gasteiger charge is -2.13. The van der Waals surface area contributed by atoms with Gasteiger partial charge in [-0.2, -0.15) is 0 Å². The van der Waals surface area contributed by atoms with Gasteiger partial charge in [-0.3, -0.25) is 0 Å². The van der Waals surface area contributed by atoms with Gasteiger partial charge in [-0.25, -0.2) is 0 Å². The highest BCUT2D eigenvalue weighted by Gasteiger charge is 2.27. The van der Waals surface area contributed by atoms with Crippen LogP contribution in [-0.4, -0.2) is 5.57 Å². The van der Waals surface area contributed by atoms with Gasteiger partial charge in [0, 0.05) is 17.3 Å². The second kappa shape index (κ2) is 3.61. The van der Waals surface area contributed by atoms with E-state index in [2.05, 4.69) is 16.3 Å². The number of hydrogen-bond donors (Lipinski definition) is 1. The average molecular weight is 222 g/mol. The van der Waals surface area contributed by atoms with Crippen LogP contribution in [0.2, 0.25) is 0 Å². The van der Waals surface area contributed by atoms with Gasteiger partial charge in [-0.15, -0.1) is 8.78 Å². The number of nitrogen functional groups attached to an aromatic ring is 1. The van der Waals surface area contributed by atoms with E-state index in [1.165, 1.54) is 12.1 Å². The van der Waals surface area contributed by atoms with E-state index in [9.17, 15) is 8.78 Å². The Kier molecular flexibility index (Phi) is 2.85. The number of rotatable bonds is 2. The Hall–Kier alpha value is -1.03. The first kappa shape index (κ1) is 11.0. The maximum atomic E-state index is 12.3. The lowest BCUT2D eigenvalue weighted by molar-refractivity contribution is -0.0965. The number of hydrogen-bond acceptors (Lipinski definition) is 2. The molecule has 78 valence electrons. The van der Waals surface area contributed by atoms with Crippen LogP contribution in [0, 0.1) is 13.8 Å². The summed E-state index contributed by atoms with van der Waals surface area (Å²) in [7, 11) is 0. The summed E-state index contributed by atoms with van der Waals surface area (Å²) in [6.07, 6.45) is 0. The van der Waals surface area contributed by atoms with E-state index >= 15 is 0 Å². The maximum Gasteiger partial charge on any atom is 0.487 e. The Bertz CT molecular complexity index is 326. The molecule has 1 rings (SSSR count). The van der Waals surface area contributed by atoms with Gasteiger partial charge < -0.3 is 10.5 Å². The number of halogens is 3. The molecule has 0 amide bonds. The molecule has 14 heavy (non-hydrogen) atoms. The van der Waals surface area contributed by atoms with E-state index < -0.39 is 5.57 Å². The van der Waals surface area contributed by atoms with Crippen molar-refractivity contribution in [1.82, 2.24) is 0 Å². The third-order valence-corrected chi connectivity index (χ3v) is 1.88. The summed E-state index contributed by atoms with van der Waals surface area (Å²) in [5.41, 5.74) is 3.88. The van der Waals surface area contributed by atoms with E-state index in [0.717, 1.165) is 0 Å². The number of anilines is 1. The molecule has 0 saturated carbocycles. The van der Waals surface area contributed by atoms with Crippen molar-refractivity contribution in [3.05, 3.63) is 23.3 Å². The average Bonchev–Trinajstić information content (AvgIpc) is 1.96. The third kappa shape index (κ3) is 2.73. The molecule has 0 bridgehead atoms. The van der Waals surface area contributed by atoms with Crippen molar-refractivity contribution in [2.75, 3.05) is 5.73 Å². The van der Waals surface area contributed by atoms with Crippen LogP contribution in [0.4, 0.5) is 14.5 Å². The van der Waals surface area contributed by atoms with E-state index in [1.54, 1.807) is 13.8 Å². The van der Waals surface area contributed by atoms with Crippen LogP contribution < -0.4 is 10.5 Å². The second-order valence-corrected chi connectivity index (χ2v) is 3.46. The smallest absolute Gasteiger partial charge is 0.420 e. The summed E-state index contributed by atoms with van der Waals surface area (Å²) in [6, 6.07) is 2.83. The molecule has 1 aromatic rings. The fourth-order valence-corrected chi connectivity index (χ4v) is 1.22. The van der Waals surface area contributed by atoms with E-state index in [-0.39, 0.29) is 5.75 Å². The standard InChI is InChI=1S/C9H10ClF2NO/c1-5-3-7(14-9(10,11)12)4-6(2)8(5)13/h3-4H,13H2,1-2H3. The third-order valence-electron chi connectivity index (χ3n) is 1.80. The highest BCUT2D eigenvalue weighted by molar-refractivity contribution is 6.20.